The van der Waals surface area contributed by atoms with Gasteiger partial charge in [-0.25, -0.2) is 9.18 Å². The number of halogens is 1. The molecular weight excluding hydrogens is 277 g/mol. The minimum atomic E-state index is -1.10. The number of carbonyl (C=O) groups is 1. The first-order valence-corrected chi connectivity index (χ1v) is 6.94. The van der Waals surface area contributed by atoms with Crippen LogP contribution in [-0.4, -0.2) is 18.1 Å². The van der Waals surface area contributed by atoms with Crippen LogP contribution in [0.5, 0.6) is 0 Å². The summed E-state index contributed by atoms with van der Waals surface area (Å²) in [7, 11) is 1.85. The number of hydrogen-bond donors (Lipinski definition) is 1. The Morgan fingerprint density at radius 1 is 1.45 bits per heavy atom. The van der Waals surface area contributed by atoms with Gasteiger partial charge in [0.15, 0.2) is 0 Å². The zero-order valence-corrected chi connectivity index (χ0v) is 11.7. The van der Waals surface area contributed by atoms with Crippen molar-refractivity contribution in [1.29, 1.82) is 0 Å². The molecule has 0 aliphatic carbocycles. The van der Waals surface area contributed by atoms with Gasteiger partial charge in [0.05, 0.1) is 0 Å². The normalized spacial score (nSPS) is 10.9. The minimum absolute atomic E-state index is 0.285. The second-order valence-electron chi connectivity index (χ2n) is 4.33. The molecule has 0 saturated carbocycles. The molecule has 1 N–H and O–H groups in total. The fourth-order valence-electron chi connectivity index (χ4n) is 1.92. The summed E-state index contributed by atoms with van der Waals surface area (Å²) in [5, 5.41) is 12.7. The number of thiophene rings is 1. The van der Waals surface area contributed by atoms with Gasteiger partial charge >= 0.3 is 5.97 Å². The van der Waals surface area contributed by atoms with Gasteiger partial charge in [-0.05, 0) is 40.6 Å². The summed E-state index contributed by atoms with van der Waals surface area (Å²) in [5.74, 6) is -1.53. The Kier molecular flexibility index (Phi) is 4.53. The van der Waals surface area contributed by atoms with Crippen LogP contribution in [0.15, 0.2) is 41.1 Å². The van der Waals surface area contributed by atoms with E-state index >= 15 is 0 Å². The lowest BCUT2D eigenvalue weighted by Gasteiger charge is -2.21. The Morgan fingerprint density at radius 2 is 2.25 bits per heavy atom. The molecule has 2 aromatic rings. The molecule has 0 aliphatic heterocycles. The van der Waals surface area contributed by atoms with Gasteiger partial charge in [0, 0.05) is 30.9 Å². The minimum Gasteiger partial charge on any atom is -0.478 e. The first-order valence-electron chi connectivity index (χ1n) is 5.99. The van der Waals surface area contributed by atoms with Crippen molar-refractivity contribution in [3.63, 3.8) is 0 Å². The van der Waals surface area contributed by atoms with E-state index in [0.717, 1.165) is 11.6 Å². The zero-order chi connectivity index (χ0) is 14.5. The maximum Gasteiger partial charge on any atom is 0.328 e. The van der Waals surface area contributed by atoms with E-state index in [2.05, 4.69) is 0 Å². The van der Waals surface area contributed by atoms with Crippen LogP contribution >= 0.6 is 11.3 Å². The summed E-state index contributed by atoms with van der Waals surface area (Å²) in [6, 6.07) is 6.72. The maximum absolute atomic E-state index is 13.9. The second-order valence-corrected chi connectivity index (χ2v) is 5.11. The number of hydrogen-bond acceptors (Lipinski definition) is 3. The molecule has 0 fully saturated rings. The number of aliphatic carboxylic acids is 1. The van der Waals surface area contributed by atoms with E-state index in [-0.39, 0.29) is 5.56 Å². The first-order chi connectivity index (χ1) is 9.58. The van der Waals surface area contributed by atoms with Crippen molar-refractivity contribution in [2.24, 2.45) is 0 Å². The molecule has 3 nitrogen and oxygen atoms in total. The predicted molar refractivity (Wildman–Crippen MR) is 79.5 cm³/mol. The van der Waals surface area contributed by atoms with Gasteiger partial charge < -0.3 is 10.0 Å². The quantitative estimate of drug-likeness (QED) is 0.855. The average molecular weight is 291 g/mol. The van der Waals surface area contributed by atoms with E-state index in [1.807, 2.05) is 28.8 Å². The molecule has 104 valence electrons. The summed E-state index contributed by atoms with van der Waals surface area (Å²) in [6.45, 7) is 0.640. The summed E-state index contributed by atoms with van der Waals surface area (Å²) >= 11 is 1.61. The molecule has 0 bridgehead atoms. The zero-order valence-electron chi connectivity index (χ0n) is 10.9. The van der Waals surface area contributed by atoms with E-state index in [9.17, 15) is 9.18 Å². The number of benzene rings is 1. The van der Waals surface area contributed by atoms with Gasteiger partial charge in [-0.3, -0.25) is 0 Å². The average Bonchev–Trinajstić information content (AvgIpc) is 2.89. The molecule has 5 heteroatoms. The SMILES string of the molecule is CN(Cc1ccsc1)c1cccc(F)c1/C=C/C(=O)O. The van der Waals surface area contributed by atoms with Crippen molar-refractivity contribution in [3.8, 4) is 0 Å². The molecule has 0 saturated heterocycles. The topological polar surface area (TPSA) is 40.5 Å². The molecular formula is C15H14FNO2S. The van der Waals surface area contributed by atoms with Crippen LogP contribution in [0.3, 0.4) is 0 Å². The van der Waals surface area contributed by atoms with Gasteiger partial charge in [0.1, 0.15) is 5.82 Å². The number of rotatable bonds is 5. The third-order valence-electron chi connectivity index (χ3n) is 2.83. The van der Waals surface area contributed by atoms with Crippen molar-refractivity contribution in [3.05, 3.63) is 58.0 Å². The highest BCUT2D eigenvalue weighted by molar-refractivity contribution is 7.07. The lowest BCUT2D eigenvalue weighted by Crippen LogP contribution is -2.17. The molecule has 1 aromatic carbocycles. The Bertz CT molecular complexity index is 623. The van der Waals surface area contributed by atoms with Crippen LogP contribution < -0.4 is 4.90 Å². The highest BCUT2D eigenvalue weighted by Gasteiger charge is 2.10. The summed E-state index contributed by atoms with van der Waals surface area (Å²) < 4.78 is 13.9. The number of anilines is 1. The molecule has 0 spiro atoms. The van der Waals surface area contributed by atoms with Crippen molar-refractivity contribution < 1.29 is 14.3 Å². The summed E-state index contributed by atoms with van der Waals surface area (Å²) in [6.07, 6.45) is 2.23. The van der Waals surface area contributed by atoms with Gasteiger partial charge in [0.25, 0.3) is 0 Å². The largest absolute Gasteiger partial charge is 0.478 e. The smallest absolute Gasteiger partial charge is 0.328 e. The number of carboxylic acids is 1. The lowest BCUT2D eigenvalue weighted by atomic mass is 10.1. The van der Waals surface area contributed by atoms with Crippen LogP contribution in [0.25, 0.3) is 6.08 Å². The Hall–Kier alpha value is -2.14. The standard InChI is InChI=1S/C15H14FNO2S/c1-17(9-11-7-8-20-10-11)14-4-2-3-13(16)12(14)5-6-15(18)19/h2-8,10H,9H2,1H3,(H,18,19)/b6-5+. The highest BCUT2D eigenvalue weighted by Crippen LogP contribution is 2.25. The molecule has 1 aromatic heterocycles. The third-order valence-corrected chi connectivity index (χ3v) is 3.57. The molecule has 0 aliphatic rings. The number of carboxylic acid groups (broad SMARTS) is 1. The molecule has 20 heavy (non-hydrogen) atoms. The van der Waals surface area contributed by atoms with Gasteiger partial charge in [-0.2, -0.15) is 11.3 Å². The van der Waals surface area contributed by atoms with Crippen molar-refractivity contribution >= 4 is 29.1 Å². The van der Waals surface area contributed by atoms with E-state index in [0.29, 0.717) is 12.2 Å². The van der Waals surface area contributed by atoms with E-state index in [4.69, 9.17) is 5.11 Å². The van der Waals surface area contributed by atoms with Crippen molar-refractivity contribution in [1.82, 2.24) is 0 Å². The lowest BCUT2D eigenvalue weighted by molar-refractivity contribution is -0.131. The predicted octanol–water partition coefficient (Wildman–Crippen LogP) is 3.62. The van der Waals surface area contributed by atoms with Crippen LogP contribution in [0, 0.1) is 5.82 Å². The first kappa shape index (κ1) is 14.3. The van der Waals surface area contributed by atoms with Crippen LogP contribution in [0.1, 0.15) is 11.1 Å². The Labute approximate surface area is 120 Å². The molecule has 1 heterocycles. The summed E-state index contributed by atoms with van der Waals surface area (Å²) in [4.78, 5) is 12.5. The van der Waals surface area contributed by atoms with Crippen LogP contribution in [0.2, 0.25) is 0 Å². The van der Waals surface area contributed by atoms with E-state index < -0.39 is 11.8 Å². The maximum atomic E-state index is 13.9. The molecule has 0 radical (unpaired) electrons. The molecule has 0 unspecified atom stereocenters. The van der Waals surface area contributed by atoms with E-state index in [1.165, 1.54) is 12.1 Å². The van der Waals surface area contributed by atoms with Crippen molar-refractivity contribution in [2.75, 3.05) is 11.9 Å². The fraction of sp³-hybridized carbons (Fsp3) is 0.133. The summed E-state index contributed by atoms with van der Waals surface area (Å²) in [5.41, 5.74) is 2.08. The molecule has 2 rings (SSSR count). The molecule has 0 amide bonds. The van der Waals surface area contributed by atoms with Crippen LogP contribution in [-0.2, 0) is 11.3 Å². The molecule has 0 atom stereocenters. The fourth-order valence-corrected chi connectivity index (χ4v) is 2.58. The van der Waals surface area contributed by atoms with Gasteiger partial charge in [0.2, 0.25) is 0 Å². The number of nitrogens with zero attached hydrogens (tertiary/aromatic N) is 1. The monoisotopic (exact) mass is 291 g/mol. The highest BCUT2D eigenvalue weighted by atomic mass is 32.1. The van der Waals surface area contributed by atoms with E-state index in [1.54, 1.807) is 23.5 Å². The Balaban J connectivity index is 2.30. The Morgan fingerprint density at radius 3 is 2.90 bits per heavy atom. The van der Waals surface area contributed by atoms with Gasteiger partial charge in [-0.1, -0.05) is 6.07 Å². The van der Waals surface area contributed by atoms with Crippen LogP contribution in [0.4, 0.5) is 10.1 Å². The second kappa shape index (κ2) is 6.34. The van der Waals surface area contributed by atoms with Crippen molar-refractivity contribution in [2.45, 2.75) is 6.54 Å². The van der Waals surface area contributed by atoms with Gasteiger partial charge in [-0.15, -0.1) is 0 Å². The third kappa shape index (κ3) is 3.45.